The molecule has 1 rings (SSSR count). The summed E-state index contributed by atoms with van der Waals surface area (Å²) in [5, 5.41) is 0. The Morgan fingerprint density at radius 2 is 2.17 bits per heavy atom. The van der Waals surface area contributed by atoms with Gasteiger partial charge in [-0.1, -0.05) is 0 Å². The maximum absolute atomic E-state index is 11.6. The van der Waals surface area contributed by atoms with Gasteiger partial charge in [0, 0.05) is 24.1 Å². The molecule has 0 fully saturated rings. The van der Waals surface area contributed by atoms with Crippen molar-refractivity contribution in [3.8, 4) is 0 Å². The Hall–Kier alpha value is -0.720. The van der Waals surface area contributed by atoms with Crippen LogP contribution in [0.25, 0.3) is 0 Å². The van der Waals surface area contributed by atoms with Gasteiger partial charge in [0.1, 0.15) is 0 Å². The molecule has 0 aliphatic carbocycles. The molecule has 4 nitrogen and oxygen atoms in total. The van der Waals surface area contributed by atoms with Crippen molar-refractivity contribution >= 4 is 29.5 Å². The fraction of sp³-hybridized carbons (Fsp3) is 0.667. The van der Waals surface area contributed by atoms with E-state index in [9.17, 15) is 4.79 Å². The minimum atomic E-state index is -0.263. The van der Waals surface area contributed by atoms with Crippen molar-refractivity contribution in [3.63, 3.8) is 0 Å². The lowest BCUT2D eigenvalue weighted by molar-refractivity contribution is -0.144. The van der Waals surface area contributed by atoms with Crippen molar-refractivity contribution in [2.24, 2.45) is 0 Å². The Balaban J connectivity index is 2.39. The first-order valence-electron chi connectivity index (χ1n) is 5.73. The van der Waals surface area contributed by atoms with Gasteiger partial charge in [-0.15, -0.1) is 11.3 Å². The predicted molar refractivity (Wildman–Crippen MR) is 74.6 cm³/mol. The van der Waals surface area contributed by atoms with Gasteiger partial charge in [0.25, 0.3) is 0 Å². The summed E-state index contributed by atoms with van der Waals surface area (Å²) in [6, 6.07) is 0. The summed E-state index contributed by atoms with van der Waals surface area (Å²) in [6.07, 6.45) is 0.953. The van der Waals surface area contributed by atoms with Gasteiger partial charge >= 0.3 is 5.97 Å². The van der Waals surface area contributed by atoms with Crippen LogP contribution in [0, 0.1) is 10.9 Å². The van der Waals surface area contributed by atoms with Gasteiger partial charge in [-0.05, 0) is 33.0 Å². The quantitative estimate of drug-likeness (QED) is 0.646. The molecule has 0 saturated carbocycles. The monoisotopic (exact) mass is 289 g/mol. The SMILES string of the molecule is COC(C)(C)CCOC(=O)Cc1sc(=S)[nH]c1C. The van der Waals surface area contributed by atoms with E-state index in [-0.39, 0.29) is 18.0 Å². The second-order valence-electron chi connectivity index (χ2n) is 4.67. The maximum atomic E-state index is 11.6. The van der Waals surface area contributed by atoms with Crippen molar-refractivity contribution < 1.29 is 14.3 Å². The largest absolute Gasteiger partial charge is 0.465 e. The van der Waals surface area contributed by atoms with E-state index in [4.69, 9.17) is 21.7 Å². The predicted octanol–water partition coefficient (Wildman–Crippen LogP) is 3.01. The summed E-state index contributed by atoms with van der Waals surface area (Å²) in [6.45, 7) is 6.20. The third-order valence-corrected chi connectivity index (χ3v) is 4.08. The molecular weight excluding hydrogens is 270 g/mol. The molecule has 0 aromatic carbocycles. The number of methoxy groups -OCH3 is 1. The molecule has 0 bridgehead atoms. The fourth-order valence-corrected chi connectivity index (χ4v) is 2.58. The van der Waals surface area contributed by atoms with Crippen LogP contribution in [0.3, 0.4) is 0 Å². The molecular formula is C12H19NO3S2. The zero-order valence-corrected chi connectivity index (χ0v) is 12.8. The number of hydrogen-bond donors (Lipinski definition) is 1. The molecule has 0 amide bonds. The normalized spacial score (nSPS) is 11.6. The molecule has 0 saturated heterocycles. The molecule has 6 heteroatoms. The summed E-state index contributed by atoms with van der Waals surface area (Å²) in [4.78, 5) is 15.6. The van der Waals surface area contributed by atoms with Gasteiger partial charge in [0.05, 0.1) is 18.6 Å². The summed E-state index contributed by atoms with van der Waals surface area (Å²) >= 11 is 6.44. The van der Waals surface area contributed by atoms with Crippen LogP contribution in [0.5, 0.6) is 0 Å². The highest BCUT2D eigenvalue weighted by molar-refractivity contribution is 7.73. The molecule has 1 N–H and O–H groups in total. The number of hydrogen-bond acceptors (Lipinski definition) is 5. The molecule has 0 spiro atoms. The molecule has 0 unspecified atom stereocenters. The number of aryl methyl sites for hydroxylation is 1. The molecule has 0 aliphatic rings. The molecule has 1 heterocycles. The summed E-state index contributed by atoms with van der Waals surface area (Å²) in [5.74, 6) is -0.227. The van der Waals surface area contributed by atoms with Crippen LogP contribution in [0.2, 0.25) is 0 Å². The number of H-pyrrole nitrogens is 1. The summed E-state index contributed by atoms with van der Waals surface area (Å²) in [5.41, 5.74) is 0.680. The van der Waals surface area contributed by atoms with Gasteiger partial charge in [0.2, 0.25) is 0 Å². The fourth-order valence-electron chi connectivity index (χ4n) is 1.30. The third kappa shape index (κ3) is 4.88. The molecule has 0 aliphatic heterocycles. The Morgan fingerprint density at radius 1 is 1.50 bits per heavy atom. The number of carbonyl (C=O) groups is 1. The number of esters is 1. The highest BCUT2D eigenvalue weighted by Gasteiger charge is 2.17. The number of aromatic amines is 1. The average Bonchev–Trinajstić information content (AvgIpc) is 2.57. The number of carbonyl (C=O) groups excluding carboxylic acids is 1. The van der Waals surface area contributed by atoms with Crippen LogP contribution in [0.1, 0.15) is 30.8 Å². The minimum absolute atomic E-state index is 0.227. The van der Waals surface area contributed by atoms with Crippen molar-refractivity contribution in [1.82, 2.24) is 4.98 Å². The van der Waals surface area contributed by atoms with Crippen LogP contribution in [0.4, 0.5) is 0 Å². The molecule has 0 radical (unpaired) electrons. The Labute approximate surface area is 116 Å². The highest BCUT2D eigenvalue weighted by atomic mass is 32.1. The second-order valence-corrected chi connectivity index (χ2v) is 6.45. The van der Waals surface area contributed by atoms with E-state index >= 15 is 0 Å². The van der Waals surface area contributed by atoms with E-state index in [2.05, 4.69) is 4.98 Å². The molecule has 1 aromatic rings. The minimum Gasteiger partial charge on any atom is -0.465 e. The highest BCUT2D eigenvalue weighted by Crippen LogP contribution is 2.16. The summed E-state index contributed by atoms with van der Waals surface area (Å²) in [7, 11) is 1.65. The lowest BCUT2D eigenvalue weighted by Gasteiger charge is -2.22. The number of rotatable bonds is 6. The zero-order valence-electron chi connectivity index (χ0n) is 11.2. The lowest BCUT2D eigenvalue weighted by atomic mass is 10.1. The first-order chi connectivity index (χ1) is 8.34. The van der Waals surface area contributed by atoms with Crippen LogP contribution in [0.15, 0.2) is 0 Å². The summed E-state index contributed by atoms with van der Waals surface area (Å²) < 4.78 is 11.1. The van der Waals surface area contributed by atoms with E-state index in [1.165, 1.54) is 11.3 Å². The van der Waals surface area contributed by atoms with E-state index in [0.717, 1.165) is 10.6 Å². The van der Waals surface area contributed by atoms with Crippen LogP contribution in [-0.2, 0) is 20.7 Å². The van der Waals surface area contributed by atoms with E-state index in [1.54, 1.807) is 7.11 Å². The van der Waals surface area contributed by atoms with Crippen molar-refractivity contribution in [2.45, 2.75) is 39.2 Å². The van der Waals surface area contributed by atoms with Crippen molar-refractivity contribution in [2.75, 3.05) is 13.7 Å². The average molecular weight is 289 g/mol. The third-order valence-electron chi connectivity index (χ3n) is 2.75. The van der Waals surface area contributed by atoms with E-state index in [0.29, 0.717) is 17.0 Å². The first kappa shape index (κ1) is 15.3. The van der Waals surface area contributed by atoms with Crippen LogP contribution >= 0.6 is 23.6 Å². The van der Waals surface area contributed by atoms with Gasteiger partial charge in [0.15, 0.2) is 3.95 Å². The van der Waals surface area contributed by atoms with Crippen molar-refractivity contribution in [3.05, 3.63) is 14.5 Å². The number of aromatic nitrogens is 1. The van der Waals surface area contributed by atoms with Crippen LogP contribution < -0.4 is 0 Å². The molecule has 18 heavy (non-hydrogen) atoms. The molecule has 102 valence electrons. The van der Waals surface area contributed by atoms with Gasteiger partial charge < -0.3 is 14.5 Å². The topological polar surface area (TPSA) is 51.3 Å². The molecule has 0 atom stereocenters. The Morgan fingerprint density at radius 3 is 2.67 bits per heavy atom. The molecule has 1 aromatic heterocycles. The zero-order chi connectivity index (χ0) is 13.8. The number of thiazole rings is 1. The second kappa shape index (κ2) is 6.45. The van der Waals surface area contributed by atoms with E-state index < -0.39 is 0 Å². The number of nitrogens with one attached hydrogen (secondary N) is 1. The number of ether oxygens (including phenoxy) is 2. The maximum Gasteiger partial charge on any atom is 0.311 e. The standard InChI is InChI=1S/C12H19NO3S2/c1-8-9(18-11(17)13-8)7-10(14)16-6-5-12(2,3)15-4/h5-7H2,1-4H3,(H,13,17). The van der Waals surface area contributed by atoms with Gasteiger partial charge in [-0.25, -0.2) is 0 Å². The Bertz CT molecular complexity index is 462. The van der Waals surface area contributed by atoms with Gasteiger partial charge in [-0.2, -0.15) is 0 Å². The first-order valence-corrected chi connectivity index (χ1v) is 6.96. The van der Waals surface area contributed by atoms with Gasteiger partial charge in [-0.3, -0.25) is 4.79 Å². The smallest absolute Gasteiger partial charge is 0.311 e. The van der Waals surface area contributed by atoms with Crippen molar-refractivity contribution in [1.29, 1.82) is 0 Å². The van der Waals surface area contributed by atoms with Crippen LogP contribution in [-0.4, -0.2) is 30.3 Å². The Kier molecular flexibility index (Phi) is 5.49. The van der Waals surface area contributed by atoms with E-state index in [1.807, 2.05) is 20.8 Å². The lowest BCUT2D eigenvalue weighted by Crippen LogP contribution is -2.25.